The number of nitrogens with one attached hydrogen (secondary N) is 1. The molecule has 1 heterocycles. The molecule has 0 aliphatic rings. The molecule has 5 heteroatoms. The van der Waals surface area contributed by atoms with E-state index in [2.05, 4.69) is 48.6 Å². The van der Waals surface area contributed by atoms with Gasteiger partial charge in [-0.1, -0.05) is 12.1 Å². The maximum absolute atomic E-state index is 9.23. The Labute approximate surface area is 147 Å². The predicted molar refractivity (Wildman–Crippen MR) is 98.0 cm³/mol. The molecule has 1 aromatic heterocycles. The third kappa shape index (κ3) is 4.76. The van der Waals surface area contributed by atoms with Crippen LogP contribution in [0.5, 0.6) is 11.6 Å². The van der Waals surface area contributed by atoms with Crippen LogP contribution >= 0.6 is 0 Å². The van der Waals surface area contributed by atoms with Gasteiger partial charge in [0.15, 0.2) is 5.76 Å². The van der Waals surface area contributed by atoms with Crippen LogP contribution in [0.4, 0.5) is 5.69 Å². The van der Waals surface area contributed by atoms with Crippen molar-refractivity contribution in [2.24, 2.45) is 0 Å². The van der Waals surface area contributed by atoms with Crippen molar-refractivity contribution in [3.8, 4) is 23.0 Å². The molecule has 0 atom stereocenters. The van der Waals surface area contributed by atoms with Crippen LogP contribution in [0, 0.1) is 0 Å². The molecule has 2 N–H and O–H groups in total. The fourth-order valence-electron chi connectivity index (χ4n) is 2.55. The van der Waals surface area contributed by atoms with Crippen LogP contribution in [-0.4, -0.2) is 22.9 Å². The SMILES string of the molecule is CC(C)Nc1cccc(CCOc2ccc(-c3cc(O)no3)cc2)c1. The quantitative estimate of drug-likeness (QED) is 0.664. The molecule has 5 nitrogen and oxygen atoms in total. The number of hydrogen-bond acceptors (Lipinski definition) is 5. The molecular formula is C20H22N2O3. The summed E-state index contributed by atoms with van der Waals surface area (Å²) in [7, 11) is 0. The van der Waals surface area contributed by atoms with Crippen molar-refractivity contribution >= 4 is 5.69 Å². The Bertz CT molecular complexity index is 810. The summed E-state index contributed by atoms with van der Waals surface area (Å²) in [5.41, 5.74) is 3.21. The van der Waals surface area contributed by atoms with Gasteiger partial charge in [-0.2, -0.15) is 0 Å². The summed E-state index contributed by atoms with van der Waals surface area (Å²) in [6, 6.07) is 17.8. The molecule has 0 aliphatic heterocycles. The van der Waals surface area contributed by atoms with Crippen LogP contribution in [0.3, 0.4) is 0 Å². The molecule has 0 amide bonds. The minimum Gasteiger partial charge on any atom is -0.493 e. The first-order chi connectivity index (χ1) is 12.1. The van der Waals surface area contributed by atoms with Gasteiger partial charge in [0, 0.05) is 29.8 Å². The molecule has 3 aromatic rings. The highest BCUT2D eigenvalue weighted by Crippen LogP contribution is 2.25. The zero-order valence-electron chi connectivity index (χ0n) is 14.4. The van der Waals surface area contributed by atoms with E-state index < -0.39 is 0 Å². The minimum atomic E-state index is -0.121. The van der Waals surface area contributed by atoms with E-state index in [1.54, 1.807) is 0 Å². The summed E-state index contributed by atoms with van der Waals surface area (Å²) in [4.78, 5) is 0. The third-order valence-corrected chi connectivity index (χ3v) is 3.68. The van der Waals surface area contributed by atoms with Gasteiger partial charge in [-0.3, -0.25) is 0 Å². The number of rotatable bonds is 7. The van der Waals surface area contributed by atoms with E-state index in [0.717, 1.165) is 23.4 Å². The van der Waals surface area contributed by atoms with Gasteiger partial charge < -0.3 is 19.7 Å². The largest absolute Gasteiger partial charge is 0.493 e. The van der Waals surface area contributed by atoms with Crippen LogP contribution in [0.15, 0.2) is 59.1 Å². The Morgan fingerprint density at radius 3 is 2.60 bits per heavy atom. The zero-order chi connectivity index (χ0) is 17.6. The molecule has 0 aliphatic carbocycles. The number of hydrogen-bond donors (Lipinski definition) is 2. The van der Waals surface area contributed by atoms with Gasteiger partial charge in [0.2, 0.25) is 0 Å². The fourth-order valence-corrected chi connectivity index (χ4v) is 2.55. The van der Waals surface area contributed by atoms with Crippen molar-refractivity contribution in [2.45, 2.75) is 26.3 Å². The fraction of sp³-hybridized carbons (Fsp3) is 0.250. The molecule has 0 saturated carbocycles. The van der Waals surface area contributed by atoms with E-state index >= 15 is 0 Å². The van der Waals surface area contributed by atoms with Gasteiger partial charge in [-0.05, 0) is 61.0 Å². The lowest BCUT2D eigenvalue weighted by Gasteiger charge is -2.11. The maximum atomic E-state index is 9.23. The molecule has 25 heavy (non-hydrogen) atoms. The number of benzene rings is 2. The highest BCUT2D eigenvalue weighted by atomic mass is 16.5. The van der Waals surface area contributed by atoms with Gasteiger partial charge in [-0.15, -0.1) is 0 Å². The molecule has 0 radical (unpaired) electrons. The van der Waals surface area contributed by atoms with Crippen LogP contribution in [0.25, 0.3) is 11.3 Å². The second-order valence-electron chi connectivity index (χ2n) is 6.17. The smallest absolute Gasteiger partial charge is 0.252 e. The average molecular weight is 338 g/mol. The van der Waals surface area contributed by atoms with Crippen molar-refractivity contribution < 1.29 is 14.4 Å². The highest BCUT2D eigenvalue weighted by Gasteiger charge is 2.06. The van der Waals surface area contributed by atoms with E-state index in [4.69, 9.17) is 9.26 Å². The Hall–Kier alpha value is -2.95. The zero-order valence-corrected chi connectivity index (χ0v) is 14.4. The lowest BCUT2D eigenvalue weighted by atomic mass is 10.1. The molecule has 0 spiro atoms. The third-order valence-electron chi connectivity index (χ3n) is 3.68. The number of aromatic hydroxyl groups is 1. The molecule has 3 rings (SSSR count). The average Bonchev–Trinajstić information content (AvgIpc) is 3.02. The highest BCUT2D eigenvalue weighted by molar-refractivity contribution is 5.59. The standard InChI is InChI=1S/C20H22N2O3/c1-14(2)21-17-5-3-4-15(12-17)10-11-24-18-8-6-16(7-9-18)19-13-20(23)22-25-19/h3-9,12-14,21H,10-11H2,1-2H3,(H,22,23). The van der Waals surface area contributed by atoms with E-state index in [0.29, 0.717) is 18.4 Å². The Morgan fingerprint density at radius 1 is 1.12 bits per heavy atom. The molecule has 2 aromatic carbocycles. The van der Waals surface area contributed by atoms with Crippen LogP contribution in [-0.2, 0) is 6.42 Å². The first-order valence-electron chi connectivity index (χ1n) is 8.34. The summed E-state index contributed by atoms with van der Waals surface area (Å²) in [6.07, 6.45) is 0.839. The van der Waals surface area contributed by atoms with E-state index in [1.165, 1.54) is 11.6 Å². The van der Waals surface area contributed by atoms with Crippen molar-refractivity contribution in [3.63, 3.8) is 0 Å². The topological polar surface area (TPSA) is 67.5 Å². The van der Waals surface area contributed by atoms with Crippen LogP contribution in [0.1, 0.15) is 19.4 Å². The summed E-state index contributed by atoms with van der Waals surface area (Å²) in [6.45, 7) is 4.85. The summed E-state index contributed by atoms with van der Waals surface area (Å²) in [5.74, 6) is 1.20. The Morgan fingerprint density at radius 2 is 1.92 bits per heavy atom. The molecule has 0 fully saturated rings. The van der Waals surface area contributed by atoms with Crippen molar-refractivity contribution in [2.75, 3.05) is 11.9 Å². The second-order valence-corrected chi connectivity index (χ2v) is 6.17. The molecule has 0 saturated heterocycles. The van der Waals surface area contributed by atoms with E-state index in [9.17, 15) is 5.11 Å². The lowest BCUT2D eigenvalue weighted by molar-refractivity contribution is 0.322. The van der Waals surface area contributed by atoms with Crippen molar-refractivity contribution in [3.05, 3.63) is 60.2 Å². The van der Waals surface area contributed by atoms with E-state index in [-0.39, 0.29) is 5.88 Å². The monoisotopic (exact) mass is 338 g/mol. The van der Waals surface area contributed by atoms with Gasteiger partial charge in [0.25, 0.3) is 5.88 Å². The summed E-state index contributed by atoms with van der Waals surface area (Å²) < 4.78 is 10.8. The summed E-state index contributed by atoms with van der Waals surface area (Å²) in [5, 5.41) is 16.1. The number of anilines is 1. The number of ether oxygens (including phenoxy) is 1. The maximum Gasteiger partial charge on any atom is 0.252 e. The van der Waals surface area contributed by atoms with Gasteiger partial charge in [-0.25, -0.2) is 0 Å². The number of aromatic nitrogens is 1. The van der Waals surface area contributed by atoms with Crippen LogP contribution in [0.2, 0.25) is 0 Å². The molecule has 0 unspecified atom stereocenters. The van der Waals surface area contributed by atoms with Crippen molar-refractivity contribution in [1.82, 2.24) is 5.16 Å². The van der Waals surface area contributed by atoms with Gasteiger partial charge >= 0.3 is 0 Å². The van der Waals surface area contributed by atoms with Crippen molar-refractivity contribution in [1.29, 1.82) is 0 Å². The molecule has 130 valence electrons. The van der Waals surface area contributed by atoms with Gasteiger partial charge in [0.1, 0.15) is 5.75 Å². The van der Waals surface area contributed by atoms with E-state index in [1.807, 2.05) is 24.3 Å². The number of nitrogens with zero attached hydrogens (tertiary/aromatic N) is 1. The first-order valence-corrected chi connectivity index (χ1v) is 8.34. The Balaban J connectivity index is 1.54. The predicted octanol–water partition coefficient (Wildman–Crippen LogP) is 4.49. The second kappa shape index (κ2) is 7.75. The normalized spacial score (nSPS) is 10.8. The minimum absolute atomic E-state index is 0.121. The van der Waals surface area contributed by atoms with Crippen LogP contribution < -0.4 is 10.1 Å². The molecular weight excluding hydrogens is 316 g/mol. The lowest BCUT2D eigenvalue weighted by Crippen LogP contribution is -2.10. The molecule has 0 bridgehead atoms. The Kier molecular flexibility index (Phi) is 5.23. The van der Waals surface area contributed by atoms with Gasteiger partial charge in [0.05, 0.1) is 6.61 Å². The first kappa shape index (κ1) is 16.9. The summed E-state index contributed by atoms with van der Waals surface area (Å²) >= 11 is 0.